The van der Waals surface area contributed by atoms with Crippen LogP contribution in [0.5, 0.6) is 0 Å². The second kappa shape index (κ2) is 9.66. The van der Waals surface area contributed by atoms with Gasteiger partial charge in [0.25, 0.3) is 0 Å². The lowest BCUT2D eigenvalue weighted by molar-refractivity contribution is 1.64. The fourth-order valence-corrected chi connectivity index (χ4v) is 6.17. The molecule has 0 fully saturated rings. The number of benzene rings is 8. The predicted octanol–water partition coefficient (Wildman–Crippen LogP) is 12.5. The summed E-state index contributed by atoms with van der Waals surface area (Å²) in [6, 6.07) is -22.2. The predicted molar refractivity (Wildman–Crippen MR) is 188 cm³/mol. The average Bonchev–Trinajstić information content (AvgIpc) is 3.72. The molecule has 9 aromatic rings. The number of rotatable bonds is 3. The highest BCUT2D eigenvalue weighted by molar-refractivity contribution is 7.26. The van der Waals surface area contributed by atoms with Crippen molar-refractivity contribution in [3.05, 3.63) is 157 Å². The van der Waals surface area contributed by atoms with Gasteiger partial charge in [-0.25, -0.2) is 0 Å². The van der Waals surface area contributed by atoms with Gasteiger partial charge in [-0.3, -0.25) is 0 Å². The summed E-state index contributed by atoms with van der Waals surface area (Å²) in [6.45, 7) is 0. The normalized spacial score (nSPS) is 20.2. The molecule has 9 rings (SSSR count). The molecule has 1 aromatic heterocycles. The number of hydrogen-bond donors (Lipinski definition) is 0. The summed E-state index contributed by atoms with van der Waals surface area (Å²) in [5.74, 6) is 0. The molecule has 0 saturated carbocycles. The van der Waals surface area contributed by atoms with Crippen molar-refractivity contribution >= 4 is 63.8 Å². The van der Waals surface area contributed by atoms with Gasteiger partial charge in [0.1, 0.15) is 0 Å². The molecular formula is C42H26S. The van der Waals surface area contributed by atoms with E-state index in [4.69, 9.17) is 21.9 Å². The third kappa shape index (κ3) is 3.82. The lowest BCUT2D eigenvalue weighted by Crippen LogP contribution is -1.91. The van der Waals surface area contributed by atoms with Gasteiger partial charge in [0.05, 0.1) is 35.6 Å². The highest BCUT2D eigenvalue weighted by Crippen LogP contribution is 2.45. The number of hydrogen-bond acceptors (Lipinski definition) is 1. The zero-order valence-electron chi connectivity index (χ0n) is 47.4. The Labute approximate surface area is 290 Å². The molecule has 0 spiro atoms. The minimum absolute atomic E-state index is 0.0973. The molecule has 0 unspecified atom stereocenters. The standard InChI is InChI=1S/C42H26S/c1-2-11-30-26-31(25-20-27(30)10-1)41-36-15-5-3-13-34(36)40(35-14-4-6-16-37(35)41)29-23-21-28(22-24-29)32-17-9-18-38-33-12-7-8-19-39(33)43-42(32)38/h1-26H/i1D,2D,3D,4D,5D,6D,7D,8D,9D,10D,11D,12D,13D,14D,15D,16D,17D,18D,19D,20D,21D,22D,23D,24D,25D,26D. The summed E-state index contributed by atoms with van der Waals surface area (Å²) in [5.41, 5.74) is -4.06. The quantitative estimate of drug-likeness (QED) is 0.180. The lowest BCUT2D eigenvalue weighted by Gasteiger charge is -2.18. The number of fused-ring (bicyclic) bond motifs is 6. The van der Waals surface area contributed by atoms with Crippen molar-refractivity contribution in [1.29, 1.82) is 0 Å². The molecule has 0 aliphatic heterocycles. The SMILES string of the molecule is [2H]c1c([2H])c(-c2c3c([2H])c([2H])c([2H])c([2H])c3c(-c3c([2H])c([2H])c4c([2H])c([2H])c([2H])c([2H])c4c3[2H])c3c([2H])c([2H])c([2H])c([2H])c23)c([2H])c([2H])c1-c1c([2H])c([2H])c([2H])c2c1sc1c([2H])c([2H])c([2H])c([2H])c12. The van der Waals surface area contributed by atoms with E-state index in [2.05, 4.69) is 0 Å². The molecule has 200 valence electrons. The van der Waals surface area contributed by atoms with Gasteiger partial charge < -0.3 is 0 Å². The maximum atomic E-state index is 9.56. The van der Waals surface area contributed by atoms with E-state index in [-0.39, 0.29) is 20.2 Å². The van der Waals surface area contributed by atoms with Crippen LogP contribution in [-0.4, -0.2) is 0 Å². The van der Waals surface area contributed by atoms with Crippen LogP contribution in [0.3, 0.4) is 0 Å². The van der Waals surface area contributed by atoms with Crippen molar-refractivity contribution in [2.24, 2.45) is 0 Å². The first kappa shape index (κ1) is 9.91. The second-order valence-electron chi connectivity index (χ2n) is 9.26. The van der Waals surface area contributed by atoms with Crippen molar-refractivity contribution in [3.63, 3.8) is 0 Å². The minimum atomic E-state index is -1.02. The third-order valence-corrected chi connectivity index (χ3v) is 8.06. The Morgan fingerprint density at radius 1 is 0.372 bits per heavy atom. The molecule has 0 aliphatic rings. The monoisotopic (exact) mass is 588 g/mol. The summed E-state index contributed by atoms with van der Waals surface area (Å²) in [5, 5.41) is -4.38. The van der Waals surface area contributed by atoms with Gasteiger partial charge in [0, 0.05) is 20.2 Å². The Bertz CT molecular complexity index is 3860. The molecule has 1 heterocycles. The lowest BCUT2D eigenvalue weighted by atomic mass is 9.85. The van der Waals surface area contributed by atoms with Gasteiger partial charge in [-0.2, -0.15) is 0 Å². The van der Waals surface area contributed by atoms with Gasteiger partial charge in [-0.05, 0) is 77.8 Å². The largest absolute Gasteiger partial charge is 0.135 e. The minimum Gasteiger partial charge on any atom is -0.135 e. The van der Waals surface area contributed by atoms with Gasteiger partial charge in [-0.15, -0.1) is 11.3 Å². The second-order valence-corrected chi connectivity index (χ2v) is 10.3. The van der Waals surface area contributed by atoms with E-state index in [1.165, 1.54) is 0 Å². The van der Waals surface area contributed by atoms with E-state index in [1.807, 2.05) is 0 Å². The molecule has 0 amide bonds. The van der Waals surface area contributed by atoms with Crippen LogP contribution in [0.15, 0.2) is 157 Å². The summed E-state index contributed by atoms with van der Waals surface area (Å²) in [4.78, 5) is 0. The van der Waals surface area contributed by atoms with E-state index in [1.54, 1.807) is 0 Å². The van der Waals surface area contributed by atoms with Crippen LogP contribution in [0.2, 0.25) is 0 Å². The summed E-state index contributed by atoms with van der Waals surface area (Å²) in [7, 11) is 0. The fraction of sp³-hybridized carbons (Fsp3) is 0. The molecule has 0 aliphatic carbocycles. The number of thiophene rings is 1. The van der Waals surface area contributed by atoms with Crippen molar-refractivity contribution in [1.82, 2.24) is 0 Å². The highest BCUT2D eigenvalue weighted by Gasteiger charge is 2.17. The average molecular weight is 589 g/mol. The van der Waals surface area contributed by atoms with Gasteiger partial charge in [0.15, 0.2) is 0 Å². The fourth-order valence-electron chi connectivity index (χ4n) is 5.10. The molecule has 0 atom stereocenters. The van der Waals surface area contributed by atoms with Crippen molar-refractivity contribution in [2.75, 3.05) is 0 Å². The summed E-state index contributed by atoms with van der Waals surface area (Å²) >= 11 is 0.659. The molecule has 1 heteroatoms. The highest BCUT2D eigenvalue weighted by atomic mass is 32.1. The molecule has 0 bridgehead atoms. The first-order chi connectivity index (χ1) is 32.2. The smallest absolute Gasteiger partial charge is 0.0638 e. The van der Waals surface area contributed by atoms with Crippen LogP contribution in [0.4, 0.5) is 0 Å². The van der Waals surface area contributed by atoms with E-state index in [9.17, 15) is 13.7 Å². The Morgan fingerprint density at radius 2 is 0.884 bits per heavy atom. The Kier molecular flexibility index (Phi) is 2.23. The Hall–Kier alpha value is -5.24. The van der Waals surface area contributed by atoms with Crippen LogP contribution in [0.1, 0.15) is 35.6 Å². The van der Waals surface area contributed by atoms with Crippen LogP contribution in [0, 0.1) is 0 Å². The summed E-state index contributed by atoms with van der Waals surface area (Å²) in [6.07, 6.45) is 0. The molecule has 0 radical (unpaired) electrons. The Balaban J connectivity index is 1.54. The molecule has 0 nitrogen and oxygen atoms in total. The van der Waals surface area contributed by atoms with Crippen LogP contribution in [-0.2, 0) is 0 Å². The maximum Gasteiger partial charge on any atom is 0.0638 e. The molecule has 0 N–H and O–H groups in total. The van der Waals surface area contributed by atoms with Crippen molar-refractivity contribution < 1.29 is 35.6 Å². The van der Waals surface area contributed by atoms with Gasteiger partial charge >= 0.3 is 0 Å². The van der Waals surface area contributed by atoms with Crippen molar-refractivity contribution in [2.45, 2.75) is 0 Å². The summed E-state index contributed by atoms with van der Waals surface area (Å²) < 4.78 is 232. The van der Waals surface area contributed by atoms with E-state index in [0.717, 1.165) is 0 Å². The van der Waals surface area contributed by atoms with Gasteiger partial charge in [-0.1, -0.05) is 145 Å². The zero-order chi connectivity index (χ0) is 51.0. The topological polar surface area (TPSA) is 0 Å². The molecular weight excluding hydrogens is 537 g/mol. The van der Waals surface area contributed by atoms with Crippen LogP contribution in [0.25, 0.3) is 85.9 Å². The maximum absolute atomic E-state index is 9.56. The van der Waals surface area contributed by atoms with Crippen molar-refractivity contribution in [3.8, 4) is 33.4 Å². The Morgan fingerprint density at radius 3 is 1.58 bits per heavy atom. The van der Waals surface area contributed by atoms with E-state index >= 15 is 0 Å². The molecule has 8 aromatic carbocycles. The first-order valence-corrected chi connectivity index (χ1v) is 13.5. The molecule has 43 heavy (non-hydrogen) atoms. The van der Waals surface area contributed by atoms with Gasteiger partial charge in [0.2, 0.25) is 0 Å². The van der Waals surface area contributed by atoms with Crippen LogP contribution >= 0.6 is 11.3 Å². The van der Waals surface area contributed by atoms with E-state index in [0.29, 0.717) is 11.3 Å². The van der Waals surface area contributed by atoms with E-state index < -0.39 is 223 Å². The zero-order valence-corrected chi connectivity index (χ0v) is 22.2. The van der Waals surface area contributed by atoms with Crippen LogP contribution < -0.4 is 0 Å². The third-order valence-electron chi connectivity index (χ3n) is 6.94. The first-order valence-electron chi connectivity index (χ1n) is 25.7. The molecule has 0 saturated heterocycles.